The van der Waals surface area contributed by atoms with Gasteiger partial charge in [0.25, 0.3) is 0 Å². The topological polar surface area (TPSA) is 72.5 Å². The third kappa shape index (κ3) is 3.98. The van der Waals surface area contributed by atoms with Gasteiger partial charge < -0.3 is 10.1 Å². The van der Waals surface area contributed by atoms with E-state index in [0.717, 1.165) is 11.8 Å². The van der Waals surface area contributed by atoms with E-state index in [2.05, 4.69) is 21.2 Å². The van der Waals surface area contributed by atoms with Gasteiger partial charge in [-0.05, 0) is 22.9 Å². The third-order valence-corrected chi connectivity index (χ3v) is 5.11. The fraction of sp³-hybridized carbons (Fsp3) is 0.267. The van der Waals surface area contributed by atoms with Crippen LogP contribution in [0.5, 0.6) is 0 Å². The van der Waals surface area contributed by atoms with Crippen LogP contribution < -0.4 is 5.32 Å². The molecule has 1 aliphatic rings. The normalized spacial score (nSPS) is 19.5. The monoisotopic (exact) mass is 383 g/mol. The molecule has 7 heteroatoms. The second-order valence-electron chi connectivity index (χ2n) is 4.44. The number of thioether (sulfide) groups is 1. The largest absolute Gasteiger partial charge is 0.466 e. The molecule has 1 amide bonds. The molecule has 1 heterocycles. The van der Waals surface area contributed by atoms with Gasteiger partial charge in [0.1, 0.15) is 5.25 Å². The Labute approximate surface area is 140 Å². The molecule has 1 aromatic rings. The lowest BCUT2D eigenvalue weighted by Gasteiger charge is -2.05. The Kier molecular flexibility index (Phi) is 5.79. The Morgan fingerprint density at radius 2 is 2.00 bits per heavy atom. The maximum atomic E-state index is 12.3. The first-order chi connectivity index (χ1) is 10.5. The molecule has 1 aromatic carbocycles. The quantitative estimate of drug-likeness (QED) is 0.480. The van der Waals surface area contributed by atoms with Crippen molar-refractivity contribution in [1.29, 1.82) is 0 Å². The first-order valence-electron chi connectivity index (χ1n) is 6.65. The minimum atomic E-state index is -0.579. The van der Waals surface area contributed by atoms with Gasteiger partial charge in [0.05, 0.1) is 22.5 Å². The number of hydrogen-bond acceptors (Lipinski definition) is 5. The van der Waals surface area contributed by atoms with Crippen molar-refractivity contribution in [3.8, 4) is 0 Å². The Balaban J connectivity index is 2.11. The summed E-state index contributed by atoms with van der Waals surface area (Å²) >= 11 is 4.39. The van der Waals surface area contributed by atoms with Crippen molar-refractivity contribution in [2.24, 2.45) is 0 Å². The Bertz CT molecular complexity index is 630. The van der Waals surface area contributed by atoms with Crippen molar-refractivity contribution in [1.82, 2.24) is 5.32 Å². The molecule has 1 fully saturated rings. The summed E-state index contributed by atoms with van der Waals surface area (Å²) in [6.45, 7) is 1.98. The first-order valence-corrected chi connectivity index (χ1v) is 8.32. The zero-order valence-electron chi connectivity index (χ0n) is 11.8. The number of amides is 1. The Morgan fingerprint density at radius 3 is 2.64 bits per heavy atom. The average Bonchev–Trinajstić information content (AvgIpc) is 2.88. The summed E-state index contributed by atoms with van der Waals surface area (Å²) in [6.07, 6.45) is -0.0202. The highest BCUT2D eigenvalue weighted by atomic mass is 79.9. The number of rotatable bonds is 5. The number of nitrogens with one attached hydrogen (secondary N) is 1. The minimum absolute atomic E-state index is 0.0202. The van der Waals surface area contributed by atoms with Gasteiger partial charge in [-0.15, -0.1) is 0 Å². The lowest BCUT2D eigenvalue weighted by molar-refractivity contribution is -0.144. The van der Waals surface area contributed by atoms with Crippen molar-refractivity contribution in [3.05, 3.63) is 45.4 Å². The van der Waals surface area contributed by atoms with Crippen LogP contribution in [0.3, 0.4) is 0 Å². The van der Waals surface area contributed by atoms with Crippen molar-refractivity contribution in [3.63, 3.8) is 0 Å². The van der Waals surface area contributed by atoms with Gasteiger partial charge in [-0.2, -0.15) is 0 Å². The third-order valence-electron chi connectivity index (χ3n) is 2.88. The molecule has 22 heavy (non-hydrogen) atoms. The Hall–Kier alpha value is -1.60. The number of carbonyl (C=O) groups is 3. The summed E-state index contributed by atoms with van der Waals surface area (Å²) < 4.78 is 5.12. The maximum Gasteiger partial charge on any atom is 0.307 e. The van der Waals surface area contributed by atoms with Crippen LogP contribution in [0, 0.1) is 0 Å². The van der Waals surface area contributed by atoms with Gasteiger partial charge in [-0.25, -0.2) is 0 Å². The molecule has 1 aliphatic heterocycles. The zero-order valence-corrected chi connectivity index (χ0v) is 14.2. The molecule has 1 unspecified atom stereocenters. The smallest absolute Gasteiger partial charge is 0.307 e. The highest BCUT2D eigenvalue weighted by Gasteiger charge is 2.34. The number of carbonyl (C=O) groups excluding carboxylic acids is 3. The van der Waals surface area contributed by atoms with Crippen LogP contribution in [0.4, 0.5) is 0 Å². The van der Waals surface area contributed by atoms with Crippen molar-refractivity contribution in [2.75, 3.05) is 6.61 Å². The van der Waals surface area contributed by atoms with Crippen LogP contribution >= 0.6 is 27.7 Å². The molecule has 0 aromatic heterocycles. The summed E-state index contributed by atoms with van der Waals surface area (Å²) in [4.78, 5) is 35.7. The molecule has 0 bridgehead atoms. The fourth-order valence-corrected chi connectivity index (χ4v) is 3.48. The zero-order chi connectivity index (χ0) is 16.1. The number of esters is 1. The number of Topliss-reactive ketones (excluding diaryl/α,β-unsaturated/α-hetero) is 1. The molecule has 0 radical (unpaired) electrons. The number of benzene rings is 1. The molecule has 2 rings (SSSR count). The van der Waals surface area contributed by atoms with Gasteiger partial charge in [0.15, 0.2) is 0 Å². The first kappa shape index (κ1) is 16.8. The van der Waals surface area contributed by atoms with Crippen LogP contribution in [0.15, 0.2) is 39.8 Å². The Morgan fingerprint density at radius 1 is 1.32 bits per heavy atom. The predicted molar refractivity (Wildman–Crippen MR) is 87.5 cm³/mol. The number of allylic oxidation sites excluding steroid dienone is 1. The van der Waals surface area contributed by atoms with Gasteiger partial charge in [0.2, 0.25) is 11.7 Å². The van der Waals surface area contributed by atoms with E-state index >= 15 is 0 Å². The van der Waals surface area contributed by atoms with Gasteiger partial charge in [-0.3, -0.25) is 14.4 Å². The summed E-state index contributed by atoms with van der Waals surface area (Å²) in [6, 6.07) is 8.74. The number of ether oxygens (including phenoxy) is 1. The van der Waals surface area contributed by atoms with Crippen LogP contribution in [0.2, 0.25) is 0 Å². The molecule has 0 spiro atoms. The van der Waals surface area contributed by atoms with E-state index in [9.17, 15) is 14.4 Å². The predicted octanol–water partition coefficient (Wildman–Crippen LogP) is 2.62. The summed E-state index contributed by atoms with van der Waals surface area (Å²) in [7, 11) is 0. The molecule has 0 saturated carbocycles. The van der Waals surface area contributed by atoms with E-state index in [1.54, 1.807) is 31.2 Å². The van der Waals surface area contributed by atoms with E-state index in [-0.39, 0.29) is 29.2 Å². The highest BCUT2D eigenvalue weighted by Crippen LogP contribution is 2.34. The van der Waals surface area contributed by atoms with Crippen molar-refractivity contribution >= 4 is 45.4 Å². The van der Waals surface area contributed by atoms with E-state index < -0.39 is 11.2 Å². The molecular formula is C15H14BrNO4S. The maximum absolute atomic E-state index is 12.3. The number of halogens is 1. The lowest BCUT2D eigenvalue weighted by atomic mass is 10.1. The van der Waals surface area contributed by atoms with Crippen LogP contribution in [0.25, 0.3) is 0 Å². The fourth-order valence-electron chi connectivity index (χ4n) is 1.85. The molecule has 5 nitrogen and oxygen atoms in total. The minimum Gasteiger partial charge on any atom is -0.466 e. The van der Waals surface area contributed by atoms with Crippen molar-refractivity contribution in [2.45, 2.75) is 18.6 Å². The SMILES string of the molecule is CCOC(=O)CC1S/C(=C(\Br)C(=O)c2ccccc2)NC1=O. The van der Waals surface area contributed by atoms with Crippen LogP contribution in [0.1, 0.15) is 23.7 Å². The van der Waals surface area contributed by atoms with E-state index in [0.29, 0.717) is 10.6 Å². The van der Waals surface area contributed by atoms with Gasteiger partial charge in [0, 0.05) is 5.56 Å². The van der Waals surface area contributed by atoms with E-state index in [1.165, 1.54) is 0 Å². The number of ketones is 1. The average molecular weight is 384 g/mol. The van der Waals surface area contributed by atoms with Crippen LogP contribution in [-0.2, 0) is 14.3 Å². The van der Waals surface area contributed by atoms with Crippen LogP contribution in [-0.4, -0.2) is 29.5 Å². The molecule has 1 atom stereocenters. The summed E-state index contributed by atoms with van der Waals surface area (Å²) in [5.74, 6) is -0.951. The van der Waals surface area contributed by atoms with Gasteiger partial charge in [-0.1, -0.05) is 42.1 Å². The molecule has 0 aliphatic carbocycles. The van der Waals surface area contributed by atoms with E-state index in [4.69, 9.17) is 4.74 Å². The second kappa shape index (κ2) is 7.60. The van der Waals surface area contributed by atoms with Gasteiger partial charge >= 0.3 is 5.97 Å². The molecular weight excluding hydrogens is 370 g/mol. The highest BCUT2D eigenvalue weighted by molar-refractivity contribution is 9.12. The molecule has 116 valence electrons. The standard InChI is InChI=1S/C15H14BrNO4S/c1-2-21-11(18)8-10-14(20)17-15(22-10)12(16)13(19)9-6-4-3-5-7-9/h3-7,10H,2,8H2,1H3,(H,17,20)/b15-12-. The summed E-state index contributed by atoms with van der Waals surface area (Å²) in [5, 5.41) is 2.48. The van der Waals surface area contributed by atoms with E-state index in [1.807, 2.05) is 6.07 Å². The molecule has 1 saturated heterocycles. The van der Waals surface area contributed by atoms with Crippen molar-refractivity contribution < 1.29 is 19.1 Å². The molecule has 1 N–H and O–H groups in total. The second-order valence-corrected chi connectivity index (χ2v) is 6.45. The summed E-state index contributed by atoms with van der Waals surface area (Å²) in [5.41, 5.74) is 0.519. The lowest BCUT2D eigenvalue weighted by Crippen LogP contribution is -2.25. The number of hydrogen-bond donors (Lipinski definition) is 1.